The molecule has 0 spiro atoms. The van der Waals surface area contributed by atoms with Crippen molar-refractivity contribution < 1.29 is 18.6 Å². The van der Waals surface area contributed by atoms with Gasteiger partial charge in [0.15, 0.2) is 5.96 Å². The third-order valence-electron chi connectivity index (χ3n) is 5.68. The molecule has 0 aromatic carbocycles. The van der Waals surface area contributed by atoms with Crippen molar-refractivity contribution in [3.63, 3.8) is 0 Å². The highest BCUT2D eigenvalue weighted by molar-refractivity contribution is 5.80. The summed E-state index contributed by atoms with van der Waals surface area (Å²) in [6, 6.07) is 3.95. The van der Waals surface area contributed by atoms with Crippen LogP contribution in [0.5, 0.6) is 0 Å². The van der Waals surface area contributed by atoms with Crippen LogP contribution in [0.15, 0.2) is 27.8 Å². The van der Waals surface area contributed by atoms with Crippen LogP contribution in [0.1, 0.15) is 51.2 Å². The van der Waals surface area contributed by atoms with E-state index in [2.05, 4.69) is 10.2 Å². The van der Waals surface area contributed by atoms with Crippen LogP contribution >= 0.6 is 0 Å². The lowest BCUT2D eigenvalue weighted by Crippen LogP contribution is -2.47. The zero-order valence-electron chi connectivity index (χ0n) is 18.5. The van der Waals surface area contributed by atoms with Gasteiger partial charge in [-0.1, -0.05) is 0 Å². The van der Waals surface area contributed by atoms with E-state index in [0.717, 1.165) is 96.4 Å². The van der Waals surface area contributed by atoms with Crippen LogP contribution in [0, 0.1) is 0 Å². The molecule has 0 bridgehead atoms. The number of nitrogens with one attached hydrogen (secondary N) is 1. The zero-order valence-corrected chi connectivity index (χ0v) is 18.5. The highest BCUT2D eigenvalue weighted by atomic mass is 16.5. The molecule has 1 unspecified atom stereocenters. The van der Waals surface area contributed by atoms with Crippen molar-refractivity contribution in [3.8, 4) is 0 Å². The standard InChI is InChI=1S/C23H39N3O4/c1-2-27-16-6-12-24-23(25-13-9-20-8-5-18-28-20)26-14-10-21(11-15-26)30-19-22-7-3-4-17-29-22/h5,8,18,21-22H,2-4,6-7,9-17,19H2,1H3,(H,24,25). The van der Waals surface area contributed by atoms with Gasteiger partial charge in [0.1, 0.15) is 5.76 Å². The number of nitrogens with zero attached hydrogens (tertiary/aromatic N) is 2. The maximum atomic E-state index is 6.17. The second-order valence-electron chi connectivity index (χ2n) is 8.02. The minimum absolute atomic E-state index is 0.294. The van der Waals surface area contributed by atoms with Crippen molar-refractivity contribution in [1.29, 1.82) is 0 Å². The molecular weight excluding hydrogens is 382 g/mol. The van der Waals surface area contributed by atoms with E-state index < -0.39 is 0 Å². The predicted octanol–water partition coefficient (Wildman–Crippen LogP) is 3.24. The lowest BCUT2D eigenvalue weighted by atomic mass is 10.1. The summed E-state index contributed by atoms with van der Waals surface area (Å²) >= 11 is 0. The van der Waals surface area contributed by atoms with Crippen LogP contribution < -0.4 is 5.32 Å². The topological polar surface area (TPSA) is 68.5 Å². The second-order valence-corrected chi connectivity index (χ2v) is 8.02. The van der Waals surface area contributed by atoms with Crippen molar-refractivity contribution in [3.05, 3.63) is 24.2 Å². The van der Waals surface area contributed by atoms with Crippen LogP contribution in [0.25, 0.3) is 0 Å². The van der Waals surface area contributed by atoms with E-state index in [1.54, 1.807) is 6.26 Å². The normalized spacial score (nSPS) is 21.2. The van der Waals surface area contributed by atoms with Crippen molar-refractivity contribution >= 4 is 5.96 Å². The first-order chi connectivity index (χ1) is 14.8. The summed E-state index contributed by atoms with van der Waals surface area (Å²) < 4.78 is 22.8. The molecule has 1 atom stereocenters. The first kappa shape index (κ1) is 23.1. The van der Waals surface area contributed by atoms with Crippen LogP contribution in [0.4, 0.5) is 0 Å². The molecule has 0 radical (unpaired) electrons. The SMILES string of the molecule is CCOCCCN=C(NCCc1ccco1)N1CCC(OCC2CCCCO2)CC1. The van der Waals surface area contributed by atoms with Gasteiger partial charge in [0.05, 0.1) is 25.1 Å². The molecule has 7 heteroatoms. The van der Waals surface area contributed by atoms with E-state index in [4.69, 9.17) is 23.6 Å². The quantitative estimate of drug-likeness (QED) is 0.336. The summed E-state index contributed by atoms with van der Waals surface area (Å²) in [5.74, 6) is 1.99. The monoisotopic (exact) mass is 421 g/mol. The zero-order chi connectivity index (χ0) is 20.9. The van der Waals surface area contributed by atoms with Gasteiger partial charge in [-0.05, 0) is 57.6 Å². The number of guanidine groups is 1. The molecule has 0 saturated carbocycles. The molecule has 2 saturated heterocycles. The summed E-state index contributed by atoms with van der Waals surface area (Å²) in [7, 11) is 0. The number of hydrogen-bond acceptors (Lipinski definition) is 5. The number of aliphatic imine (C=N–C) groups is 1. The predicted molar refractivity (Wildman–Crippen MR) is 118 cm³/mol. The molecule has 3 heterocycles. The molecule has 7 nitrogen and oxygen atoms in total. The lowest BCUT2D eigenvalue weighted by Gasteiger charge is -2.35. The fraction of sp³-hybridized carbons (Fsp3) is 0.783. The minimum Gasteiger partial charge on any atom is -0.469 e. The molecule has 2 aliphatic heterocycles. The Morgan fingerprint density at radius 1 is 1.27 bits per heavy atom. The summed E-state index contributed by atoms with van der Waals surface area (Å²) in [6.45, 7) is 8.70. The lowest BCUT2D eigenvalue weighted by molar-refractivity contribution is -0.0721. The van der Waals surface area contributed by atoms with Crippen LogP contribution in [0.3, 0.4) is 0 Å². The molecule has 1 aromatic rings. The van der Waals surface area contributed by atoms with Gasteiger partial charge in [0.2, 0.25) is 0 Å². The van der Waals surface area contributed by atoms with Crippen molar-refractivity contribution in [2.75, 3.05) is 52.6 Å². The molecular formula is C23H39N3O4. The maximum absolute atomic E-state index is 6.17. The van der Waals surface area contributed by atoms with E-state index in [9.17, 15) is 0 Å². The smallest absolute Gasteiger partial charge is 0.193 e. The Labute approximate surface area is 181 Å². The average Bonchev–Trinajstić information content (AvgIpc) is 3.31. The van der Waals surface area contributed by atoms with Crippen molar-refractivity contribution in [2.45, 2.75) is 64.1 Å². The van der Waals surface area contributed by atoms with Crippen molar-refractivity contribution in [2.24, 2.45) is 4.99 Å². The molecule has 0 aliphatic carbocycles. The molecule has 3 rings (SSSR count). The molecule has 30 heavy (non-hydrogen) atoms. The Hall–Kier alpha value is -1.57. The van der Waals surface area contributed by atoms with Gasteiger partial charge in [0, 0.05) is 52.4 Å². The Morgan fingerprint density at radius 3 is 2.90 bits per heavy atom. The van der Waals surface area contributed by atoms with Gasteiger partial charge in [0.25, 0.3) is 0 Å². The maximum Gasteiger partial charge on any atom is 0.193 e. The van der Waals surface area contributed by atoms with E-state index in [1.165, 1.54) is 12.8 Å². The molecule has 170 valence electrons. The third-order valence-corrected chi connectivity index (χ3v) is 5.68. The number of ether oxygens (including phenoxy) is 3. The van der Waals surface area contributed by atoms with E-state index in [1.807, 2.05) is 19.1 Å². The summed E-state index contributed by atoms with van der Waals surface area (Å²) in [5, 5.41) is 3.53. The van der Waals surface area contributed by atoms with Crippen LogP contribution in [-0.4, -0.2) is 75.7 Å². The van der Waals surface area contributed by atoms with E-state index in [-0.39, 0.29) is 0 Å². The Bertz CT molecular complexity index is 579. The largest absolute Gasteiger partial charge is 0.469 e. The number of piperidine rings is 1. The number of hydrogen-bond donors (Lipinski definition) is 1. The first-order valence-electron chi connectivity index (χ1n) is 11.7. The molecule has 0 amide bonds. The average molecular weight is 422 g/mol. The highest BCUT2D eigenvalue weighted by Gasteiger charge is 2.24. The summed E-state index contributed by atoms with van der Waals surface area (Å²) in [6.07, 6.45) is 9.79. The van der Waals surface area contributed by atoms with Gasteiger partial charge in [-0.2, -0.15) is 0 Å². The van der Waals surface area contributed by atoms with Gasteiger partial charge in [-0.15, -0.1) is 0 Å². The first-order valence-corrected chi connectivity index (χ1v) is 11.7. The highest BCUT2D eigenvalue weighted by Crippen LogP contribution is 2.18. The van der Waals surface area contributed by atoms with Gasteiger partial charge < -0.3 is 28.8 Å². The van der Waals surface area contributed by atoms with Gasteiger partial charge in [-0.25, -0.2) is 0 Å². The van der Waals surface area contributed by atoms with Crippen LogP contribution in [-0.2, 0) is 20.6 Å². The van der Waals surface area contributed by atoms with E-state index >= 15 is 0 Å². The summed E-state index contributed by atoms with van der Waals surface area (Å²) in [4.78, 5) is 7.20. The van der Waals surface area contributed by atoms with Crippen LogP contribution in [0.2, 0.25) is 0 Å². The summed E-state index contributed by atoms with van der Waals surface area (Å²) in [5.41, 5.74) is 0. The molecule has 2 fully saturated rings. The molecule has 1 N–H and O–H groups in total. The van der Waals surface area contributed by atoms with E-state index in [0.29, 0.717) is 12.2 Å². The third kappa shape index (κ3) is 8.28. The van der Waals surface area contributed by atoms with Gasteiger partial charge in [-0.3, -0.25) is 4.99 Å². The molecule has 2 aliphatic rings. The Kier molecular flexibility index (Phi) is 10.5. The minimum atomic E-state index is 0.294. The fourth-order valence-electron chi connectivity index (χ4n) is 3.93. The fourth-order valence-corrected chi connectivity index (χ4v) is 3.93. The number of likely N-dealkylation sites (tertiary alicyclic amines) is 1. The Balaban J connectivity index is 1.41. The number of rotatable bonds is 11. The Morgan fingerprint density at radius 2 is 2.17 bits per heavy atom. The second kappa shape index (κ2) is 13.7. The number of furan rings is 1. The van der Waals surface area contributed by atoms with Crippen molar-refractivity contribution in [1.82, 2.24) is 10.2 Å². The molecule has 1 aromatic heterocycles. The van der Waals surface area contributed by atoms with Gasteiger partial charge >= 0.3 is 0 Å².